The van der Waals surface area contributed by atoms with Crippen molar-refractivity contribution in [2.75, 3.05) is 0 Å². The molecule has 1 N–H and O–H groups in total. The van der Waals surface area contributed by atoms with Gasteiger partial charge in [0.1, 0.15) is 0 Å². The maximum Gasteiger partial charge on any atom is 1.00 e. The van der Waals surface area contributed by atoms with Crippen molar-refractivity contribution in [1.82, 2.24) is 0 Å². The molecule has 0 radical (unpaired) electrons. The molecule has 442 valence electrons. The van der Waals surface area contributed by atoms with Gasteiger partial charge in [0.05, 0.1) is 0 Å². The summed E-state index contributed by atoms with van der Waals surface area (Å²) in [4.78, 5) is 23.0. The molecule has 0 aliphatic carbocycles. The Morgan fingerprint density at radius 2 is 0.480 bits per heavy atom. The predicted octanol–water partition coefficient (Wildman–Crippen LogP) is 7.82. The van der Waals surface area contributed by atoms with Crippen LogP contribution in [0.2, 0.25) is 0 Å². The summed E-state index contributed by atoms with van der Waals surface area (Å²) >= 11 is 0. The third kappa shape index (κ3) is 9.24. The van der Waals surface area contributed by atoms with E-state index in [2.05, 4.69) is 0 Å². The molecule has 0 bridgehead atoms. The maximum atomic E-state index is 15.2. The summed E-state index contributed by atoms with van der Waals surface area (Å²) in [6.07, 6.45) is -32.0. The van der Waals surface area contributed by atoms with Crippen LogP contribution in [0.5, 0.6) is 0 Å². The zero-order valence-electron chi connectivity index (χ0n) is 32.4. The number of ether oxygens (including phenoxy) is 1. The van der Waals surface area contributed by atoms with Crippen molar-refractivity contribution >= 4 is 22.1 Å². The van der Waals surface area contributed by atoms with Crippen molar-refractivity contribution in [1.29, 1.82) is 0 Å². The Morgan fingerprint density at radius 3 is 0.640 bits per heavy atom. The molecule has 1 atom stereocenters. The van der Waals surface area contributed by atoms with Gasteiger partial charge in [-0.2, -0.15) is 193 Å². The van der Waals surface area contributed by atoms with Crippen molar-refractivity contribution in [2.45, 2.75) is 130 Å². The molecule has 0 spiro atoms. The number of hydrogen-bond donors (Lipinski definition) is 1. The van der Waals surface area contributed by atoms with Crippen molar-refractivity contribution < 1.29 is 268 Å². The molecule has 1 unspecified atom stereocenters. The minimum atomic E-state index is -10.4. The zero-order valence-corrected chi connectivity index (χ0v) is 36.3. The van der Waals surface area contributed by atoms with Gasteiger partial charge in [0, 0.05) is 12.4 Å². The van der Waals surface area contributed by atoms with E-state index in [0.29, 0.717) is 0 Å². The molecule has 0 amide bonds. The van der Waals surface area contributed by atoms with Crippen molar-refractivity contribution in [2.24, 2.45) is 0 Å². The molecule has 0 aromatic heterocycles. The Labute approximate surface area is 419 Å². The van der Waals surface area contributed by atoms with Gasteiger partial charge >= 0.3 is 176 Å². The van der Waals surface area contributed by atoms with E-state index in [0.717, 1.165) is 4.74 Å². The Morgan fingerprint density at radius 1 is 0.320 bits per heavy atom. The van der Waals surface area contributed by atoms with Crippen LogP contribution in [0.3, 0.4) is 0 Å². The van der Waals surface area contributed by atoms with Crippen molar-refractivity contribution in [3.05, 3.63) is 0 Å². The van der Waals surface area contributed by atoms with Crippen LogP contribution < -0.4 is 56.5 Å². The van der Waals surface area contributed by atoms with Crippen LogP contribution in [0.1, 0.15) is 6.42 Å². The van der Waals surface area contributed by atoms with Crippen LogP contribution >= 0.6 is 0 Å². The Bertz CT molecular complexity index is 2240. The standard InChI is InChI=1S/C24H4F42O7S.K/c25-5(26,6(27,28)7(29,30)8(31,32)9(33,34)10(35,36)13(41,42)16(47,48)19(53,54)22(59,60)61)4(1-2(67)68,74(70,71)72)3(69)73-24(65,66)21(57,58)18(51,52)15(45,46)12(39,40)11(37,38)14(43,44)17(49,50)20(55,56)23(62,63)64;/h1H2,(H,67,68)(H,70,71,72);/q;+1/p-1. The number of hydrogen-bond acceptors (Lipinski definition) is 6. The number of aliphatic carboxylic acids is 1. The van der Waals surface area contributed by atoms with Gasteiger partial charge in [-0.1, -0.05) is 0 Å². The second kappa shape index (κ2) is 18.8. The first-order chi connectivity index (χ1) is 31.0. The topological polar surface area (TPSA) is 121 Å². The molecule has 0 aromatic rings. The van der Waals surface area contributed by atoms with E-state index in [9.17, 15) is 199 Å². The van der Waals surface area contributed by atoms with Crippen LogP contribution in [-0.4, -0.2) is 149 Å². The Balaban J connectivity index is 0. The van der Waals surface area contributed by atoms with Crippen molar-refractivity contribution in [3.8, 4) is 0 Å². The fourth-order valence-corrected chi connectivity index (χ4v) is 5.50. The van der Waals surface area contributed by atoms with E-state index in [-0.39, 0.29) is 51.4 Å². The second-order valence-electron chi connectivity index (χ2n) is 13.5. The molecular weight excluding hydrogens is 1270 g/mol. The Kier molecular flexibility index (Phi) is 18.7. The molecule has 0 heterocycles. The fourth-order valence-electron chi connectivity index (χ4n) is 4.49. The number of alkyl halides is 42. The van der Waals surface area contributed by atoms with Crippen LogP contribution in [0.15, 0.2) is 0 Å². The minimum absolute atomic E-state index is 0. The first-order valence-electron chi connectivity index (χ1n) is 15.4. The second-order valence-corrected chi connectivity index (χ2v) is 15.2. The number of carboxylic acid groups (broad SMARTS) is 1. The molecule has 51 heteroatoms. The molecule has 0 aliphatic heterocycles. The van der Waals surface area contributed by atoms with Crippen molar-refractivity contribution in [3.63, 3.8) is 0 Å². The number of carboxylic acids is 1. The van der Waals surface area contributed by atoms with E-state index < -0.39 is 152 Å². The Hall–Kier alpha value is -2.45. The smallest absolute Gasteiger partial charge is 0.550 e. The first-order valence-corrected chi connectivity index (χ1v) is 16.8. The van der Waals surface area contributed by atoms with Crippen LogP contribution in [0, 0.1) is 0 Å². The van der Waals surface area contributed by atoms with Crippen LogP contribution in [0.25, 0.3) is 0 Å². The van der Waals surface area contributed by atoms with E-state index in [1.807, 2.05) is 0 Å². The van der Waals surface area contributed by atoms with E-state index in [1.165, 1.54) is 0 Å². The molecule has 0 aliphatic rings. The third-order valence-corrected chi connectivity index (χ3v) is 10.3. The summed E-state index contributed by atoms with van der Waals surface area (Å²) in [5.41, 5.74) is 0. The van der Waals surface area contributed by atoms with Gasteiger partial charge in [0.15, 0.2) is 0 Å². The molecule has 0 saturated carbocycles. The quantitative estimate of drug-likeness (QED) is 0.0509. The average Bonchev–Trinajstić information content (AvgIpc) is 3.13. The predicted molar refractivity (Wildman–Crippen MR) is 131 cm³/mol. The van der Waals surface area contributed by atoms with Gasteiger partial charge in [0.25, 0.3) is 14.9 Å². The summed E-state index contributed by atoms with van der Waals surface area (Å²) in [5.74, 6) is -181. The van der Waals surface area contributed by atoms with Gasteiger partial charge in [-0.05, 0) is 0 Å². The van der Waals surface area contributed by atoms with Gasteiger partial charge < -0.3 is 14.6 Å². The van der Waals surface area contributed by atoms with Gasteiger partial charge in [-0.15, -0.1) is 0 Å². The number of carbonyl (C=O) groups is 2. The van der Waals surface area contributed by atoms with Gasteiger partial charge in [0.2, 0.25) is 0 Å². The average molecular weight is 1270 g/mol. The minimum Gasteiger partial charge on any atom is -0.550 e. The largest absolute Gasteiger partial charge is 1.00 e. The molecule has 0 fully saturated rings. The number of halogens is 42. The SMILES string of the molecule is O=C([O-])CC(C(=O)OC(F)(F)C(F)(F)C(F)(F)C(F)(F)C(F)(F)C(F)(F)C(F)(F)C(F)(F)C(F)(F)C(F)(F)F)(C(F)(F)C(F)(F)C(F)(F)C(F)(F)C(F)(F)C(F)(F)C(F)(F)C(F)(F)C(F)(F)C(F)(F)F)S(=O)(=O)O.[K+]. The monoisotopic (exact) mass is 1270 g/mol. The van der Waals surface area contributed by atoms with Crippen LogP contribution in [-0.2, 0) is 24.4 Å². The fraction of sp³-hybridized carbons (Fsp3) is 0.917. The zero-order chi connectivity index (χ0) is 61.6. The third-order valence-electron chi connectivity index (χ3n) is 8.88. The number of esters is 1. The van der Waals surface area contributed by atoms with E-state index in [1.54, 1.807) is 0 Å². The summed E-state index contributed by atoms with van der Waals surface area (Å²) in [6, 6.07) is 0. The maximum absolute atomic E-state index is 15.2. The number of rotatable bonds is 22. The van der Waals surface area contributed by atoms with Gasteiger partial charge in [-0.3, -0.25) is 4.55 Å². The molecule has 0 aromatic carbocycles. The summed E-state index contributed by atoms with van der Waals surface area (Å²) in [5, 5.41) is 10.9. The molecule has 0 saturated heterocycles. The normalized spacial score (nSPS) is 17.3. The summed E-state index contributed by atoms with van der Waals surface area (Å²) < 4.78 is 601. The molecule has 75 heavy (non-hydrogen) atoms. The van der Waals surface area contributed by atoms with Gasteiger partial charge in [-0.25, -0.2) is 4.79 Å². The molecular formula is C24H3F42KO7S. The summed E-state index contributed by atoms with van der Waals surface area (Å²) in [6.45, 7) is 0. The van der Waals surface area contributed by atoms with Crippen LogP contribution in [0.4, 0.5) is 184 Å². The molecule has 7 nitrogen and oxygen atoms in total. The van der Waals surface area contributed by atoms with E-state index >= 15 is 8.78 Å². The summed E-state index contributed by atoms with van der Waals surface area (Å²) in [7, 11) is -9.56. The van der Waals surface area contributed by atoms with E-state index in [4.69, 9.17) is 4.55 Å². The first kappa shape index (κ1) is 74.6. The molecule has 0 rings (SSSR count). The number of carbonyl (C=O) groups excluding carboxylic acids is 2.